The van der Waals surface area contributed by atoms with Crippen LogP contribution in [0.1, 0.15) is 6.92 Å². The van der Waals surface area contributed by atoms with Gasteiger partial charge in [0.1, 0.15) is 6.04 Å². The molecule has 0 aliphatic carbocycles. The third kappa shape index (κ3) is 0.961. The van der Waals surface area contributed by atoms with Gasteiger partial charge in [0, 0.05) is 7.05 Å². The van der Waals surface area contributed by atoms with E-state index in [-0.39, 0.29) is 29.8 Å². The lowest BCUT2D eigenvalue weighted by Crippen LogP contribution is -2.58. The average molecular weight is 181 g/mol. The lowest BCUT2D eigenvalue weighted by molar-refractivity contribution is -0.151. The number of likely N-dealkylation sites (N-methyl/N-ethyl adjacent to an activating group) is 1. The van der Waals surface area contributed by atoms with E-state index >= 15 is 0 Å². The van der Waals surface area contributed by atoms with Crippen molar-refractivity contribution in [1.29, 1.82) is 0 Å². The number of amides is 2. The number of carbonyl (C=O) groups excluding carboxylic acids is 2. The molecule has 2 aliphatic heterocycles. The fraction of sp³-hybridized carbons (Fsp3) is 0.625. The predicted octanol–water partition coefficient (Wildman–Crippen LogP) is -1.01. The molecule has 2 aliphatic rings. The van der Waals surface area contributed by atoms with Crippen molar-refractivity contribution in [2.45, 2.75) is 19.0 Å². The van der Waals surface area contributed by atoms with E-state index in [1.807, 2.05) is 0 Å². The van der Waals surface area contributed by atoms with Gasteiger partial charge in [-0.1, -0.05) is 6.92 Å². The number of likely N-dealkylation sites (tertiary alicyclic amines) is 1. The summed E-state index contributed by atoms with van der Waals surface area (Å²) in [6.07, 6.45) is 1.51. The number of rotatable bonds is 0. The Balaban J connectivity index is 2.32. The molecule has 0 aromatic carbocycles. The number of nitrogens with zero attached hydrogens (tertiary/aromatic N) is 2. The van der Waals surface area contributed by atoms with E-state index in [0.29, 0.717) is 0 Å². The topological polar surface area (TPSA) is 61.8 Å². The molecule has 0 saturated carbocycles. The van der Waals surface area contributed by atoms with Gasteiger partial charge in [-0.15, -0.1) is 0 Å². The lowest BCUT2D eigenvalue weighted by atomic mass is 9.90. The molecular formula is C8H11N3O2. The minimum Gasteiger partial charge on any atom is -0.363 e. The summed E-state index contributed by atoms with van der Waals surface area (Å²) in [5, 5.41) is 2.85. The number of aliphatic imine (C=N–C) groups is 1. The molecule has 5 heteroatoms. The standard InChI is InChI=1S/C8H11N3O2/c1-4-5-6(10-3-9-5)8(13)11(2)7(4)12/h3-6H,1-2H3,(H,9,10). The molecule has 0 aromatic heterocycles. The van der Waals surface area contributed by atoms with Crippen LogP contribution in [0, 0.1) is 5.92 Å². The highest BCUT2D eigenvalue weighted by Crippen LogP contribution is 2.23. The highest BCUT2D eigenvalue weighted by molar-refractivity contribution is 6.03. The first-order valence-corrected chi connectivity index (χ1v) is 4.22. The molecular weight excluding hydrogens is 170 g/mol. The monoisotopic (exact) mass is 181 g/mol. The second-order valence-electron chi connectivity index (χ2n) is 3.44. The fourth-order valence-electron chi connectivity index (χ4n) is 1.80. The Bertz CT molecular complexity index is 300. The van der Waals surface area contributed by atoms with E-state index in [0.717, 1.165) is 0 Å². The van der Waals surface area contributed by atoms with Gasteiger partial charge < -0.3 is 5.32 Å². The Labute approximate surface area is 75.8 Å². The number of hydrogen-bond acceptors (Lipinski definition) is 4. The predicted molar refractivity (Wildman–Crippen MR) is 46.1 cm³/mol. The van der Waals surface area contributed by atoms with Crippen molar-refractivity contribution in [3.8, 4) is 0 Å². The molecule has 0 aromatic rings. The Morgan fingerprint density at radius 1 is 1.46 bits per heavy atom. The smallest absolute Gasteiger partial charge is 0.253 e. The zero-order valence-electron chi connectivity index (χ0n) is 7.52. The summed E-state index contributed by atoms with van der Waals surface area (Å²) in [6.45, 7) is 1.80. The van der Waals surface area contributed by atoms with Gasteiger partial charge in [0.25, 0.3) is 5.91 Å². The summed E-state index contributed by atoms with van der Waals surface area (Å²) in [6, 6.07) is -0.547. The van der Waals surface area contributed by atoms with E-state index in [4.69, 9.17) is 0 Å². The molecule has 5 nitrogen and oxygen atoms in total. The quantitative estimate of drug-likeness (QED) is 0.487. The Hall–Kier alpha value is -1.39. The SMILES string of the molecule is CC1C(=O)N(C)C(=O)C2NC=NC12. The van der Waals surface area contributed by atoms with Gasteiger partial charge in [0.2, 0.25) is 5.91 Å². The molecule has 3 atom stereocenters. The molecule has 2 amide bonds. The summed E-state index contributed by atoms with van der Waals surface area (Å²) >= 11 is 0. The minimum absolute atomic E-state index is 0.146. The van der Waals surface area contributed by atoms with Crippen LogP contribution < -0.4 is 5.32 Å². The number of hydrogen-bond donors (Lipinski definition) is 1. The van der Waals surface area contributed by atoms with Gasteiger partial charge in [0.15, 0.2) is 0 Å². The molecule has 2 heterocycles. The van der Waals surface area contributed by atoms with E-state index in [2.05, 4.69) is 10.3 Å². The average Bonchev–Trinajstić information content (AvgIpc) is 2.59. The van der Waals surface area contributed by atoms with Crippen LogP contribution >= 0.6 is 0 Å². The van der Waals surface area contributed by atoms with Crippen LogP contribution in [0.5, 0.6) is 0 Å². The summed E-state index contributed by atoms with van der Waals surface area (Å²) in [7, 11) is 1.51. The summed E-state index contributed by atoms with van der Waals surface area (Å²) in [5.74, 6) is -0.545. The Morgan fingerprint density at radius 2 is 2.15 bits per heavy atom. The van der Waals surface area contributed by atoms with Gasteiger partial charge >= 0.3 is 0 Å². The van der Waals surface area contributed by atoms with Gasteiger partial charge in [-0.05, 0) is 0 Å². The van der Waals surface area contributed by atoms with E-state index in [1.165, 1.54) is 18.3 Å². The first-order valence-electron chi connectivity index (χ1n) is 4.22. The zero-order valence-corrected chi connectivity index (χ0v) is 7.52. The fourth-order valence-corrected chi connectivity index (χ4v) is 1.80. The maximum Gasteiger partial charge on any atom is 0.253 e. The molecule has 0 bridgehead atoms. The third-order valence-electron chi connectivity index (χ3n) is 2.67. The second kappa shape index (κ2) is 2.55. The molecule has 70 valence electrons. The van der Waals surface area contributed by atoms with Crippen molar-refractivity contribution < 1.29 is 9.59 Å². The molecule has 1 fully saturated rings. The minimum atomic E-state index is -0.335. The first kappa shape index (κ1) is 8.22. The molecule has 0 radical (unpaired) electrons. The van der Waals surface area contributed by atoms with Crippen LogP contribution in [-0.4, -0.2) is 42.2 Å². The molecule has 3 unspecified atom stereocenters. The summed E-state index contributed by atoms with van der Waals surface area (Å²) < 4.78 is 0. The first-order chi connectivity index (χ1) is 6.13. The molecule has 0 spiro atoms. The molecule has 13 heavy (non-hydrogen) atoms. The van der Waals surface area contributed by atoms with Crippen molar-refractivity contribution >= 4 is 18.2 Å². The molecule has 1 N–H and O–H groups in total. The largest absolute Gasteiger partial charge is 0.363 e. The van der Waals surface area contributed by atoms with Gasteiger partial charge in [-0.3, -0.25) is 19.5 Å². The lowest BCUT2D eigenvalue weighted by Gasteiger charge is -2.33. The summed E-state index contributed by atoms with van der Waals surface area (Å²) in [5.41, 5.74) is 0. The Kier molecular flexibility index (Phi) is 1.61. The van der Waals surface area contributed by atoms with Gasteiger partial charge in [-0.25, -0.2) is 0 Å². The van der Waals surface area contributed by atoms with E-state index in [1.54, 1.807) is 6.92 Å². The number of fused-ring (bicyclic) bond motifs is 1. The van der Waals surface area contributed by atoms with Crippen LogP contribution in [0.25, 0.3) is 0 Å². The van der Waals surface area contributed by atoms with Gasteiger partial charge in [0.05, 0.1) is 18.3 Å². The van der Waals surface area contributed by atoms with Crippen LogP contribution in [0.2, 0.25) is 0 Å². The number of nitrogens with one attached hydrogen (secondary N) is 1. The van der Waals surface area contributed by atoms with Crippen molar-refractivity contribution in [3.63, 3.8) is 0 Å². The third-order valence-corrected chi connectivity index (χ3v) is 2.67. The van der Waals surface area contributed by atoms with E-state index in [9.17, 15) is 9.59 Å². The van der Waals surface area contributed by atoms with Crippen molar-refractivity contribution in [3.05, 3.63) is 0 Å². The second-order valence-corrected chi connectivity index (χ2v) is 3.44. The van der Waals surface area contributed by atoms with Crippen LogP contribution in [-0.2, 0) is 9.59 Å². The van der Waals surface area contributed by atoms with Crippen LogP contribution in [0.4, 0.5) is 0 Å². The zero-order chi connectivity index (χ0) is 9.59. The van der Waals surface area contributed by atoms with Crippen LogP contribution in [0.15, 0.2) is 4.99 Å². The summed E-state index contributed by atoms with van der Waals surface area (Å²) in [4.78, 5) is 28.3. The van der Waals surface area contributed by atoms with Crippen molar-refractivity contribution in [2.24, 2.45) is 10.9 Å². The maximum absolute atomic E-state index is 11.5. The van der Waals surface area contributed by atoms with Crippen molar-refractivity contribution in [1.82, 2.24) is 10.2 Å². The van der Waals surface area contributed by atoms with Crippen molar-refractivity contribution in [2.75, 3.05) is 7.05 Å². The number of carbonyl (C=O) groups is 2. The molecule has 2 rings (SSSR count). The number of piperidine rings is 1. The normalized spacial score (nSPS) is 37.7. The van der Waals surface area contributed by atoms with E-state index < -0.39 is 0 Å². The maximum atomic E-state index is 11.5. The highest BCUT2D eigenvalue weighted by atomic mass is 16.2. The van der Waals surface area contributed by atoms with Crippen LogP contribution in [0.3, 0.4) is 0 Å². The molecule has 1 saturated heterocycles. The number of imide groups is 1. The van der Waals surface area contributed by atoms with Gasteiger partial charge in [-0.2, -0.15) is 0 Å². The Morgan fingerprint density at radius 3 is 2.85 bits per heavy atom. The highest BCUT2D eigenvalue weighted by Gasteiger charge is 2.46.